The monoisotopic (exact) mass is 149 g/mol. The number of ether oxygens (including phenoxy) is 1. The van der Waals surface area contributed by atoms with Gasteiger partial charge in [0.1, 0.15) is 0 Å². The minimum Gasteiger partial charge on any atom is -0.378 e. The van der Waals surface area contributed by atoms with E-state index in [9.17, 15) is 8.78 Å². The first-order valence-corrected chi connectivity index (χ1v) is 3.13. The highest BCUT2D eigenvalue weighted by Gasteiger charge is 2.06. The first-order chi connectivity index (χ1) is 4.79. The predicted molar refractivity (Wildman–Crippen MR) is 32.7 cm³/mol. The summed E-state index contributed by atoms with van der Waals surface area (Å²) in [6, 6.07) is 0. The van der Waals surface area contributed by atoms with Gasteiger partial charge >= 0.3 is 0 Å². The third-order valence-corrected chi connectivity index (χ3v) is 1.33. The number of nitrogens with zero attached hydrogens (tertiary/aromatic N) is 1. The van der Waals surface area contributed by atoms with Crippen LogP contribution in [0.5, 0.6) is 0 Å². The maximum Gasteiger partial charge on any atom is 0.286 e. The van der Waals surface area contributed by atoms with Crippen LogP contribution in [0.1, 0.15) is 0 Å². The van der Waals surface area contributed by atoms with Gasteiger partial charge in [0.15, 0.2) is 0 Å². The highest BCUT2D eigenvalue weighted by atomic mass is 19.3. The average molecular weight is 149 g/mol. The van der Waals surface area contributed by atoms with Gasteiger partial charge in [0.2, 0.25) is 0 Å². The number of hydrogen-bond donors (Lipinski definition) is 0. The standard InChI is InChI=1S/C6H9F2NO/c7-6(8)5-9-1-3-10-4-2-9/h5H,1-4H2. The Kier molecular flexibility index (Phi) is 2.62. The molecule has 1 saturated heterocycles. The SMILES string of the molecule is FC(F)=CN1CCOCC1. The summed E-state index contributed by atoms with van der Waals surface area (Å²) in [6.45, 7) is 2.22. The van der Waals surface area contributed by atoms with E-state index in [2.05, 4.69) is 0 Å². The van der Waals surface area contributed by atoms with Crippen molar-refractivity contribution in [2.45, 2.75) is 0 Å². The summed E-state index contributed by atoms with van der Waals surface area (Å²) in [5.74, 6) is 0. The van der Waals surface area contributed by atoms with Crippen molar-refractivity contribution in [2.75, 3.05) is 26.3 Å². The molecule has 0 N–H and O–H groups in total. The van der Waals surface area contributed by atoms with E-state index in [1.807, 2.05) is 0 Å². The van der Waals surface area contributed by atoms with E-state index in [1.165, 1.54) is 0 Å². The van der Waals surface area contributed by atoms with Gasteiger partial charge in [-0.05, 0) is 0 Å². The van der Waals surface area contributed by atoms with Gasteiger partial charge in [-0.3, -0.25) is 0 Å². The van der Waals surface area contributed by atoms with E-state index in [1.54, 1.807) is 4.90 Å². The minimum absolute atomic E-state index is 0.545. The Labute approximate surface area is 58.1 Å². The summed E-state index contributed by atoms with van der Waals surface area (Å²) in [5, 5.41) is 0. The number of morpholine rings is 1. The summed E-state index contributed by atoms with van der Waals surface area (Å²) in [5.41, 5.74) is 0. The van der Waals surface area contributed by atoms with Crippen LogP contribution in [-0.2, 0) is 4.74 Å². The van der Waals surface area contributed by atoms with Crippen LogP contribution in [0.4, 0.5) is 8.78 Å². The minimum atomic E-state index is -1.64. The van der Waals surface area contributed by atoms with Crippen LogP contribution in [0, 0.1) is 0 Å². The fourth-order valence-corrected chi connectivity index (χ4v) is 0.845. The molecule has 1 heterocycles. The lowest BCUT2D eigenvalue weighted by Crippen LogP contribution is -2.32. The molecule has 2 nitrogen and oxygen atoms in total. The van der Waals surface area contributed by atoms with E-state index in [-0.39, 0.29) is 0 Å². The molecule has 0 aliphatic carbocycles. The molecule has 0 radical (unpaired) electrons. The highest BCUT2D eigenvalue weighted by Crippen LogP contribution is 2.03. The van der Waals surface area contributed by atoms with Gasteiger partial charge in [0.05, 0.1) is 19.4 Å². The van der Waals surface area contributed by atoms with E-state index in [4.69, 9.17) is 4.74 Å². The molecule has 1 aliphatic rings. The predicted octanol–water partition coefficient (Wildman–Crippen LogP) is 1.06. The van der Waals surface area contributed by atoms with E-state index >= 15 is 0 Å². The van der Waals surface area contributed by atoms with Gasteiger partial charge < -0.3 is 9.64 Å². The van der Waals surface area contributed by atoms with Crippen LogP contribution in [0.2, 0.25) is 0 Å². The fraction of sp³-hybridized carbons (Fsp3) is 0.667. The third-order valence-electron chi connectivity index (χ3n) is 1.33. The van der Waals surface area contributed by atoms with Crippen molar-refractivity contribution in [3.8, 4) is 0 Å². The lowest BCUT2D eigenvalue weighted by molar-refractivity contribution is 0.0574. The Hall–Kier alpha value is -0.640. The van der Waals surface area contributed by atoms with Crippen LogP contribution in [0.3, 0.4) is 0 Å². The fourth-order valence-electron chi connectivity index (χ4n) is 0.845. The summed E-state index contributed by atoms with van der Waals surface area (Å²) in [4.78, 5) is 1.55. The van der Waals surface area contributed by atoms with Crippen LogP contribution < -0.4 is 0 Å². The second-order valence-electron chi connectivity index (χ2n) is 2.07. The lowest BCUT2D eigenvalue weighted by atomic mass is 10.4. The zero-order valence-electron chi connectivity index (χ0n) is 5.52. The van der Waals surface area contributed by atoms with Crippen molar-refractivity contribution in [3.63, 3.8) is 0 Å². The van der Waals surface area contributed by atoms with E-state index < -0.39 is 6.08 Å². The van der Waals surface area contributed by atoms with Crippen molar-refractivity contribution < 1.29 is 13.5 Å². The van der Waals surface area contributed by atoms with Crippen molar-refractivity contribution in [3.05, 3.63) is 12.3 Å². The van der Waals surface area contributed by atoms with E-state index in [0.29, 0.717) is 26.3 Å². The summed E-state index contributed by atoms with van der Waals surface area (Å²) in [7, 11) is 0. The zero-order valence-corrected chi connectivity index (χ0v) is 5.52. The molecular weight excluding hydrogens is 140 g/mol. The van der Waals surface area contributed by atoms with Crippen molar-refractivity contribution in [1.82, 2.24) is 4.90 Å². The van der Waals surface area contributed by atoms with Crippen molar-refractivity contribution >= 4 is 0 Å². The quantitative estimate of drug-likeness (QED) is 0.552. The molecule has 10 heavy (non-hydrogen) atoms. The van der Waals surface area contributed by atoms with Crippen LogP contribution in [0.15, 0.2) is 12.3 Å². The molecule has 1 fully saturated rings. The molecular formula is C6H9F2NO. The normalized spacial score (nSPS) is 18.8. The van der Waals surface area contributed by atoms with Crippen LogP contribution in [-0.4, -0.2) is 31.2 Å². The molecule has 58 valence electrons. The van der Waals surface area contributed by atoms with Crippen molar-refractivity contribution in [1.29, 1.82) is 0 Å². The van der Waals surface area contributed by atoms with Gasteiger partial charge in [-0.15, -0.1) is 0 Å². The number of hydrogen-bond acceptors (Lipinski definition) is 2. The molecule has 0 aromatic carbocycles. The molecule has 1 rings (SSSR count). The topological polar surface area (TPSA) is 12.5 Å². The molecule has 0 amide bonds. The molecule has 0 saturated carbocycles. The maximum absolute atomic E-state index is 11.6. The second-order valence-corrected chi connectivity index (χ2v) is 2.07. The van der Waals surface area contributed by atoms with Gasteiger partial charge in [-0.1, -0.05) is 0 Å². The Bertz CT molecular complexity index is 128. The Morgan fingerprint density at radius 3 is 2.40 bits per heavy atom. The molecule has 1 aliphatic heterocycles. The number of rotatable bonds is 1. The Morgan fingerprint density at radius 2 is 1.90 bits per heavy atom. The second kappa shape index (κ2) is 3.51. The highest BCUT2D eigenvalue weighted by molar-refractivity contribution is 4.82. The van der Waals surface area contributed by atoms with Gasteiger partial charge in [0, 0.05) is 13.1 Å². The average Bonchev–Trinajstić information content (AvgIpc) is 1.88. The van der Waals surface area contributed by atoms with Crippen molar-refractivity contribution in [2.24, 2.45) is 0 Å². The zero-order chi connectivity index (χ0) is 7.40. The molecule has 0 aromatic rings. The third kappa shape index (κ3) is 2.31. The summed E-state index contributed by atoms with van der Waals surface area (Å²) < 4.78 is 28.2. The smallest absolute Gasteiger partial charge is 0.286 e. The molecule has 4 heteroatoms. The van der Waals surface area contributed by atoms with Crippen LogP contribution >= 0.6 is 0 Å². The van der Waals surface area contributed by atoms with E-state index in [0.717, 1.165) is 6.20 Å². The molecule has 0 aromatic heterocycles. The van der Waals surface area contributed by atoms with Gasteiger partial charge in [-0.2, -0.15) is 8.78 Å². The van der Waals surface area contributed by atoms with Gasteiger partial charge in [0.25, 0.3) is 6.08 Å². The van der Waals surface area contributed by atoms with Gasteiger partial charge in [-0.25, -0.2) is 0 Å². The Morgan fingerprint density at radius 1 is 1.30 bits per heavy atom. The lowest BCUT2D eigenvalue weighted by Gasteiger charge is -2.24. The molecule has 0 bridgehead atoms. The summed E-state index contributed by atoms with van der Waals surface area (Å²) >= 11 is 0. The maximum atomic E-state index is 11.6. The molecule has 0 atom stereocenters. The summed E-state index contributed by atoms with van der Waals surface area (Å²) in [6.07, 6.45) is -0.774. The molecule has 0 unspecified atom stereocenters. The Balaban J connectivity index is 2.33. The first kappa shape index (κ1) is 7.47. The first-order valence-electron chi connectivity index (χ1n) is 3.13. The number of halogens is 2. The van der Waals surface area contributed by atoms with Crippen LogP contribution in [0.25, 0.3) is 0 Å². The largest absolute Gasteiger partial charge is 0.378 e. The molecule has 0 spiro atoms.